The van der Waals surface area contributed by atoms with Crippen molar-refractivity contribution in [2.45, 2.75) is 43.4 Å². The Labute approximate surface area is 109 Å². The largest absolute Gasteiger partial charge is 0.496 e. The number of thioether (sulfide) groups is 1. The quantitative estimate of drug-likeness (QED) is 0.823. The molecule has 3 heteroatoms. The lowest BCUT2D eigenvalue weighted by atomic mass is 10.1. The third kappa shape index (κ3) is 3.93. The standard InChI is InChI=1S/C14H23NOS/c1-10(15-5)13-11(16-6)8-7-9-12(13)17-14(2,3)4/h7-10,15H,1-6H3. The number of hydrogen-bond donors (Lipinski definition) is 1. The van der Waals surface area contributed by atoms with Gasteiger partial charge in [0.15, 0.2) is 0 Å². The van der Waals surface area contributed by atoms with Crippen molar-refractivity contribution in [2.75, 3.05) is 14.2 Å². The molecule has 0 aromatic heterocycles. The Morgan fingerprint density at radius 2 is 1.94 bits per heavy atom. The first-order valence-corrected chi connectivity index (χ1v) is 6.74. The summed E-state index contributed by atoms with van der Waals surface area (Å²) in [5, 5.41) is 3.29. The molecule has 0 saturated heterocycles. The van der Waals surface area contributed by atoms with Crippen molar-refractivity contribution in [3.8, 4) is 5.75 Å². The van der Waals surface area contributed by atoms with Gasteiger partial charge in [0.1, 0.15) is 5.75 Å². The van der Waals surface area contributed by atoms with E-state index >= 15 is 0 Å². The molecule has 0 spiro atoms. The molecule has 2 nitrogen and oxygen atoms in total. The minimum atomic E-state index is 0.203. The molecule has 0 radical (unpaired) electrons. The Bertz CT molecular complexity index is 371. The van der Waals surface area contributed by atoms with Gasteiger partial charge in [-0.3, -0.25) is 0 Å². The molecular formula is C14H23NOS. The van der Waals surface area contributed by atoms with Gasteiger partial charge in [0.25, 0.3) is 0 Å². The first kappa shape index (κ1) is 14.4. The van der Waals surface area contributed by atoms with Crippen molar-refractivity contribution in [1.29, 1.82) is 0 Å². The molecular weight excluding hydrogens is 230 g/mol. The molecule has 0 heterocycles. The Balaban J connectivity index is 3.19. The van der Waals surface area contributed by atoms with E-state index in [9.17, 15) is 0 Å². The molecule has 1 atom stereocenters. The van der Waals surface area contributed by atoms with E-state index in [-0.39, 0.29) is 10.8 Å². The Kier molecular flexibility index (Phi) is 4.90. The number of hydrogen-bond acceptors (Lipinski definition) is 3. The molecule has 0 aliphatic rings. The Morgan fingerprint density at radius 1 is 1.29 bits per heavy atom. The van der Waals surface area contributed by atoms with Crippen LogP contribution in [0.4, 0.5) is 0 Å². The van der Waals surface area contributed by atoms with Crippen molar-refractivity contribution in [2.24, 2.45) is 0 Å². The molecule has 1 aromatic rings. The highest BCUT2D eigenvalue weighted by Gasteiger charge is 2.20. The Hall–Kier alpha value is -0.670. The normalized spacial score (nSPS) is 13.5. The third-order valence-electron chi connectivity index (χ3n) is 2.53. The zero-order chi connectivity index (χ0) is 13.1. The van der Waals surface area contributed by atoms with E-state index in [1.165, 1.54) is 10.5 Å². The number of rotatable bonds is 4. The number of benzene rings is 1. The number of nitrogens with one attached hydrogen (secondary N) is 1. The van der Waals surface area contributed by atoms with Gasteiger partial charge in [-0.2, -0.15) is 0 Å². The van der Waals surface area contributed by atoms with Crippen LogP contribution in [0.15, 0.2) is 23.1 Å². The lowest BCUT2D eigenvalue weighted by Gasteiger charge is -2.24. The van der Waals surface area contributed by atoms with Gasteiger partial charge in [-0.1, -0.05) is 26.8 Å². The van der Waals surface area contributed by atoms with Gasteiger partial charge in [0, 0.05) is 21.2 Å². The molecule has 0 saturated carbocycles. The lowest BCUT2D eigenvalue weighted by molar-refractivity contribution is 0.401. The average molecular weight is 253 g/mol. The first-order valence-electron chi connectivity index (χ1n) is 5.92. The van der Waals surface area contributed by atoms with Crippen LogP contribution in [-0.2, 0) is 0 Å². The van der Waals surface area contributed by atoms with E-state index in [2.05, 4.69) is 45.1 Å². The maximum atomic E-state index is 5.47. The number of methoxy groups -OCH3 is 1. The second-order valence-electron chi connectivity index (χ2n) is 5.10. The minimum Gasteiger partial charge on any atom is -0.496 e. The van der Waals surface area contributed by atoms with Crippen LogP contribution in [0.2, 0.25) is 0 Å². The zero-order valence-electron chi connectivity index (χ0n) is 11.6. The van der Waals surface area contributed by atoms with Crippen molar-refractivity contribution in [3.63, 3.8) is 0 Å². The van der Waals surface area contributed by atoms with Crippen LogP contribution in [-0.4, -0.2) is 18.9 Å². The fraction of sp³-hybridized carbons (Fsp3) is 0.571. The highest BCUT2D eigenvalue weighted by atomic mass is 32.2. The van der Waals surface area contributed by atoms with E-state index in [0.717, 1.165) is 5.75 Å². The molecule has 0 fully saturated rings. The summed E-state index contributed by atoms with van der Waals surface area (Å²) in [6.07, 6.45) is 0. The maximum Gasteiger partial charge on any atom is 0.124 e. The summed E-state index contributed by atoms with van der Waals surface area (Å²) in [5.41, 5.74) is 1.25. The van der Waals surface area contributed by atoms with Crippen LogP contribution >= 0.6 is 11.8 Å². The lowest BCUT2D eigenvalue weighted by Crippen LogP contribution is -2.16. The molecule has 0 aliphatic carbocycles. The smallest absolute Gasteiger partial charge is 0.124 e. The topological polar surface area (TPSA) is 21.3 Å². The fourth-order valence-corrected chi connectivity index (χ4v) is 2.89. The highest BCUT2D eigenvalue weighted by Crippen LogP contribution is 2.40. The summed E-state index contributed by atoms with van der Waals surface area (Å²) < 4.78 is 5.67. The summed E-state index contributed by atoms with van der Waals surface area (Å²) in [7, 11) is 3.70. The molecule has 1 unspecified atom stereocenters. The molecule has 1 rings (SSSR count). The Morgan fingerprint density at radius 3 is 2.41 bits per heavy atom. The summed E-state index contributed by atoms with van der Waals surface area (Å²) in [4.78, 5) is 1.29. The molecule has 0 bridgehead atoms. The third-order valence-corrected chi connectivity index (χ3v) is 3.72. The average Bonchev–Trinajstić information content (AvgIpc) is 2.25. The zero-order valence-corrected chi connectivity index (χ0v) is 12.4. The number of ether oxygens (including phenoxy) is 1. The van der Waals surface area contributed by atoms with Crippen LogP contribution in [0.3, 0.4) is 0 Å². The summed E-state index contributed by atoms with van der Waals surface area (Å²) in [6.45, 7) is 8.84. The van der Waals surface area contributed by atoms with Crippen molar-refractivity contribution in [3.05, 3.63) is 23.8 Å². The van der Waals surface area contributed by atoms with Gasteiger partial charge >= 0.3 is 0 Å². The van der Waals surface area contributed by atoms with E-state index in [0.29, 0.717) is 0 Å². The van der Waals surface area contributed by atoms with Crippen LogP contribution in [0.25, 0.3) is 0 Å². The second kappa shape index (κ2) is 5.78. The molecule has 17 heavy (non-hydrogen) atoms. The van der Waals surface area contributed by atoms with Gasteiger partial charge in [-0.05, 0) is 26.1 Å². The SMILES string of the molecule is CNC(C)c1c(OC)cccc1SC(C)(C)C. The molecule has 0 amide bonds. The molecule has 1 N–H and O–H groups in total. The minimum absolute atomic E-state index is 0.203. The fourth-order valence-electron chi connectivity index (χ4n) is 1.69. The highest BCUT2D eigenvalue weighted by molar-refractivity contribution is 8.00. The van der Waals surface area contributed by atoms with E-state index in [1.807, 2.05) is 24.9 Å². The summed E-state index contributed by atoms with van der Waals surface area (Å²) in [6, 6.07) is 6.53. The molecule has 1 aromatic carbocycles. The predicted octanol–water partition coefficient (Wildman–Crippen LogP) is 3.87. The maximum absolute atomic E-state index is 5.47. The van der Waals surface area contributed by atoms with Gasteiger partial charge in [0.2, 0.25) is 0 Å². The monoisotopic (exact) mass is 253 g/mol. The van der Waals surface area contributed by atoms with Crippen molar-refractivity contribution < 1.29 is 4.74 Å². The van der Waals surface area contributed by atoms with Crippen LogP contribution in [0.5, 0.6) is 5.75 Å². The predicted molar refractivity (Wildman–Crippen MR) is 76.1 cm³/mol. The summed E-state index contributed by atoms with van der Waals surface area (Å²) in [5.74, 6) is 0.959. The molecule has 0 aliphatic heterocycles. The van der Waals surface area contributed by atoms with Crippen molar-refractivity contribution >= 4 is 11.8 Å². The van der Waals surface area contributed by atoms with E-state index in [1.54, 1.807) is 7.11 Å². The van der Waals surface area contributed by atoms with Crippen LogP contribution < -0.4 is 10.1 Å². The van der Waals surface area contributed by atoms with Gasteiger partial charge in [-0.25, -0.2) is 0 Å². The molecule has 96 valence electrons. The van der Waals surface area contributed by atoms with E-state index in [4.69, 9.17) is 4.74 Å². The van der Waals surface area contributed by atoms with Crippen LogP contribution in [0, 0.1) is 0 Å². The van der Waals surface area contributed by atoms with Gasteiger partial charge < -0.3 is 10.1 Å². The van der Waals surface area contributed by atoms with Gasteiger partial charge in [-0.15, -0.1) is 11.8 Å². The van der Waals surface area contributed by atoms with Crippen LogP contribution in [0.1, 0.15) is 39.3 Å². The second-order valence-corrected chi connectivity index (χ2v) is 6.97. The van der Waals surface area contributed by atoms with E-state index < -0.39 is 0 Å². The van der Waals surface area contributed by atoms with Crippen molar-refractivity contribution in [1.82, 2.24) is 5.32 Å². The first-order chi connectivity index (χ1) is 7.89. The summed E-state index contributed by atoms with van der Waals surface area (Å²) >= 11 is 1.88. The van der Waals surface area contributed by atoms with Gasteiger partial charge in [0.05, 0.1) is 7.11 Å².